The maximum absolute atomic E-state index is 12.5. The van der Waals surface area contributed by atoms with Gasteiger partial charge < -0.3 is 0 Å². The number of nitrogens with zero attached hydrogens (tertiary/aromatic N) is 3. The predicted molar refractivity (Wildman–Crippen MR) is 84.5 cm³/mol. The number of sulfonamides is 1. The zero-order valence-electron chi connectivity index (χ0n) is 13.1. The van der Waals surface area contributed by atoms with Crippen LogP contribution in [0, 0.1) is 24.0 Å². The van der Waals surface area contributed by atoms with Gasteiger partial charge in [0.05, 0.1) is 16.3 Å². The highest BCUT2D eigenvalue weighted by Gasteiger charge is 2.24. The van der Waals surface area contributed by atoms with Gasteiger partial charge in [0.1, 0.15) is 4.90 Å². The quantitative estimate of drug-likeness (QED) is 0.639. The molecule has 1 N–H and O–H groups in total. The van der Waals surface area contributed by atoms with Crippen molar-refractivity contribution in [1.82, 2.24) is 14.5 Å². The van der Waals surface area contributed by atoms with E-state index in [0.717, 1.165) is 0 Å². The molecule has 1 aromatic carbocycles. The molecule has 0 radical (unpaired) electrons. The summed E-state index contributed by atoms with van der Waals surface area (Å²) >= 11 is 0. The zero-order chi connectivity index (χ0) is 17.2. The van der Waals surface area contributed by atoms with Gasteiger partial charge in [-0.15, -0.1) is 0 Å². The first-order valence-electron chi connectivity index (χ1n) is 7.03. The third-order valence-electron chi connectivity index (χ3n) is 3.47. The van der Waals surface area contributed by atoms with E-state index in [4.69, 9.17) is 0 Å². The van der Waals surface area contributed by atoms with E-state index in [1.807, 2.05) is 6.92 Å². The van der Waals surface area contributed by atoms with Crippen molar-refractivity contribution < 1.29 is 13.3 Å². The fourth-order valence-corrected chi connectivity index (χ4v) is 3.83. The lowest BCUT2D eigenvalue weighted by molar-refractivity contribution is -0.384. The minimum Gasteiger partial charge on any atom is -0.268 e. The Hall–Kier alpha value is -2.26. The van der Waals surface area contributed by atoms with Crippen molar-refractivity contribution in [2.24, 2.45) is 0 Å². The largest absolute Gasteiger partial charge is 0.269 e. The number of hydrogen-bond acceptors (Lipinski definition) is 5. The molecule has 0 aliphatic rings. The van der Waals surface area contributed by atoms with Gasteiger partial charge in [-0.05, 0) is 26.3 Å². The van der Waals surface area contributed by atoms with E-state index in [2.05, 4.69) is 9.82 Å². The van der Waals surface area contributed by atoms with Crippen molar-refractivity contribution in [3.05, 3.63) is 51.3 Å². The van der Waals surface area contributed by atoms with Gasteiger partial charge in [-0.3, -0.25) is 14.8 Å². The molecule has 0 unspecified atom stereocenters. The molecule has 1 aromatic heterocycles. The van der Waals surface area contributed by atoms with Gasteiger partial charge in [0, 0.05) is 25.2 Å². The fraction of sp³-hybridized carbons (Fsp3) is 0.357. The topological polar surface area (TPSA) is 107 Å². The Morgan fingerprint density at radius 2 is 2.04 bits per heavy atom. The normalized spacial score (nSPS) is 11.6. The summed E-state index contributed by atoms with van der Waals surface area (Å²) in [6, 6.07) is 5.85. The van der Waals surface area contributed by atoms with Crippen LogP contribution in [0.1, 0.15) is 23.9 Å². The molecular formula is C14H18N4O4S. The third-order valence-corrected chi connectivity index (χ3v) is 5.12. The number of nitrogens with one attached hydrogen (secondary N) is 1. The Bertz CT molecular complexity index is 842. The maximum Gasteiger partial charge on any atom is 0.269 e. The minimum absolute atomic E-state index is 0.0276. The highest BCUT2D eigenvalue weighted by Crippen LogP contribution is 2.20. The second-order valence-electron chi connectivity index (χ2n) is 5.07. The van der Waals surface area contributed by atoms with Gasteiger partial charge in [-0.2, -0.15) is 5.10 Å². The van der Waals surface area contributed by atoms with Crippen LogP contribution in [-0.2, 0) is 23.1 Å². The summed E-state index contributed by atoms with van der Waals surface area (Å²) in [6.45, 7) is 5.77. The van der Waals surface area contributed by atoms with E-state index in [9.17, 15) is 18.5 Å². The van der Waals surface area contributed by atoms with Crippen LogP contribution in [0.3, 0.4) is 0 Å². The maximum atomic E-state index is 12.5. The van der Waals surface area contributed by atoms with E-state index in [1.165, 1.54) is 18.2 Å². The van der Waals surface area contributed by atoms with Crippen molar-refractivity contribution in [1.29, 1.82) is 0 Å². The number of aryl methyl sites for hydroxylation is 2. The number of aromatic nitrogens is 2. The summed E-state index contributed by atoms with van der Waals surface area (Å²) in [5, 5.41) is 15.0. The summed E-state index contributed by atoms with van der Waals surface area (Å²) in [4.78, 5) is 10.4. The van der Waals surface area contributed by atoms with Crippen LogP contribution in [0.25, 0.3) is 0 Å². The summed E-state index contributed by atoms with van der Waals surface area (Å²) < 4.78 is 29.1. The van der Waals surface area contributed by atoms with E-state index < -0.39 is 14.9 Å². The molecule has 0 atom stereocenters. The van der Waals surface area contributed by atoms with Gasteiger partial charge in [-0.1, -0.05) is 12.1 Å². The molecule has 1 heterocycles. The van der Waals surface area contributed by atoms with Gasteiger partial charge in [0.25, 0.3) is 5.69 Å². The summed E-state index contributed by atoms with van der Waals surface area (Å²) in [7, 11) is -3.75. The molecule has 9 heteroatoms. The Morgan fingerprint density at radius 1 is 1.35 bits per heavy atom. The summed E-state index contributed by atoms with van der Waals surface area (Å²) in [6.07, 6.45) is 0. The highest BCUT2D eigenvalue weighted by atomic mass is 32.2. The van der Waals surface area contributed by atoms with Crippen LogP contribution in [0.2, 0.25) is 0 Å². The fourth-order valence-electron chi connectivity index (χ4n) is 2.41. The second kappa shape index (κ2) is 6.47. The molecule has 2 rings (SSSR count). The molecular weight excluding hydrogens is 320 g/mol. The molecule has 0 fully saturated rings. The van der Waals surface area contributed by atoms with Gasteiger partial charge in [-0.25, -0.2) is 13.1 Å². The van der Waals surface area contributed by atoms with Crippen LogP contribution < -0.4 is 4.72 Å². The number of rotatable bonds is 6. The lowest BCUT2D eigenvalue weighted by Crippen LogP contribution is -2.24. The van der Waals surface area contributed by atoms with E-state index in [0.29, 0.717) is 23.5 Å². The Balaban J connectivity index is 2.24. The zero-order valence-corrected chi connectivity index (χ0v) is 13.9. The molecule has 23 heavy (non-hydrogen) atoms. The average Bonchev–Trinajstić information content (AvgIpc) is 2.80. The molecule has 0 saturated heterocycles. The first-order valence-corrected chi connectivity index (χ1v) is 8.51. The summed E-state index contributed by atoms with van der Waals surface area (Å²) in [5.41, 5.74) is 1.43. The Labute approximate surface area is 134 Å². The Kier molecular flexibility index (Phi) is 4.81. The van der Waals surface area contributed by atoms with Crippen LogP contribution in [0.4, 0.5) is 5.69 Å². The van der Waals surface area contributed by atoms with Crippen molar-refractivity contribution in [2.45, 2.75) is 38.8 Å². The second-order valence-corrected chi connectivity index (χ2v) is 6.77. The molecule has 2 aromatic rings. The average molecular weight is 338 g/mol. The number of nitro benzene ring substituents is 1. The molecule has 0 saturated carbocycles. The highest BCUT2D eigenvalue weighted by molar-refractivity contribution is 7.89. The SMILES string of the molecule is CCn1nc(C)c(S(=O)(=O)NCc2cccc([N+](=O)[O-])c2)c1C. The summed E-state index contributed by atoms with van der Waals surface area (Å²) in [5.74, 6) is 0. The molecule has 124 valence electrons. The number of non-ortho nitro benzene ring substituents is 1. The Morgan fingerprint density at radius 3 is 2.61 bits per heavy atom. The standard InChI is InChI=1S/C14H18N4O4S/c1-4-17-11(3)14(10(2)16-17)23(21,22)15-9-12-6-5-7-13(8-12)18(19)20/h5-8,15H,4,9H2,1-3H3. The lowest BCUT2D eigenvalue weighted by Gasteiger charge is -2.07. The van der Waals surface area contributed by atoms with Crippen LogP contribution in [0.15, 0.2) is 29.2 Å². The molecule has 0 aliphatic heterocycles. The van der Waals surface area contributed by atoms with Crippen LogP contribution in [-0.4, -0.2) is 23.1 Å². The molecule has 0 spiro atoms. The van der Waals surface area contributed by atoms with E-state index >= 15 is 0 Å². The number of hydrogen-bond donors (Lipinski definition) is 1. The molecule has 0 amide bonds. The van der Waals surface area contributed by atoms with Crippen LogP contribution >= 0.6 is 0 Å². The predicted octanol–water partition coefficient (Wildman–Crippen LogP) is 1.91. The molecule has 8 nitrogen and oxygen atoms in total. The minimum atomic E-state index is -3.75. The molecule has 0 bridgehead atoms. The van der Waals surface area contributed by atoms with Crippen molar-refractivity contribution >= 4 is 15.7 Å². The number of nitro groups is 1. The number of benzene rings is 1. The van der Waals surface area contributed by atoms with Crippen LogP contribution in [0.5, 0.6) is 0 Å². The van der Waals surface area contributed by atoms with E-state index in [-0.39, 0.29) is 17.1 Å². The first kappa shape index (κ1) is 17.1. The van der Waals surface area contributed by atoms with Crippen molar-refractivity contribution in [3.8, 4) is 0 Å². The van der Waals surface area contributed by atoms with Gasteiger partial charge in [0.2, 0.25) is 10.0 Å². The monoisotopic (exact) mass is 338 g/mol. The first-order chi connectivity index (χ1) is 10.8. The van der Waals surface area contributed by atoms with Gasteiger partial charge in [0.15, 0.2) is 0 Å². The van der Waals surface area contributed by atoms with Gasteiger partial charge >= 0.3 is 0 Å². The lowest BCUT2D eigenvalue weighted by atomic mass is 10.2. The third kappa shape index (κ3) is 3.57. The molecule has 0 aliphatic carbocycles. The van der Waals surface area contributed by atoms with Crippen molar-refractivity contribution in [3.63, 3.8) is 0 Å². The van der Waals surface area contributed by atoms with E-state index in [1.54, 1.807) is 24.6 Å². The van der Waals surface area contributed by atoms with Crippen molar-refractivity contribution in [2.75, 3.05) is 0 Å². The smallest absolute Gasteiger partial charge is 0.268 e.